The molecule has 0 saturated carbocycles. The van der Waals surface area contributed by atoms with Crippen LogP contribution in [0.4, 0.5) is 26.9 Å². The normalized spacial score (nSPS) is 20.2. The Balaban J connectivity index is 1.34. The number of carbonyl (C=O) groups is 5. The lowest BCUT2D eigenvalue weighted by Gasteiger charge is -2.31. The van der Waals surface area contributed by atoms with Gasteiger partial charge < -0.3 is 48.7 Å². The molecule has 2 amide bonds. The van der Waals surface area contributed by atoms with Crippen LogP contribution < -0.4 is 21.5 Å². The van der Waals surface area contributed by atoms with Crippen molar-refractivity contribution in [1.29, 1.82) is 0 Å². The van der Waals surface area contributed by atoms with E-state index in [1.807, 2.05) is 6.07 Å². The number of alkyl carbamates (subject to hydrolysis) is 1. The molecule has 1 aromatic carbocycles. The number of hydrogen-bond acceptors (Lipinski definition) is 16. The van der Waals surface area contributed by atoms with Crippen molar-refractivity contribution < 1.29 is 57.5 Å². The molecule has 0 spiro atoms. The second-order valence-electron chi connectivity index (χ2n) is 14.5. The van der Waals surface area contributed by atoms with Gasteiger partial charge in [-0.3, -0.25) is 19.7 Å². The van der Waals surface area contributed by atoms with Crippen LogP contribution in [-0.4, -0.2) is 88.3 Å². The van der Waals surface area contributed by atoms with Gasteiger partial charge in [-0.25, -0.2) is 19.4 Å². The summed E-state index contributed by atoms with van der Waals surface area (Å²) in [5.74, 6) is -3.29. The van der Waals surface area contributed by atoms with Crippen LogP contribution in [0.3, 0.4) is 0 Å². The van der Waals surface area contributed by atoms with Crippen LogP contribution in [0.25, 0.3) is 10.8 Å². The van der Waals surface area contributed by atoms with Crippen LogP contribution >= 0.6 is 0 Å². The first-order chi connectivity index (χ1) is 27.0. The van der Waals surface area contributed by atoms with Crippen molar-refractivity contribution in [3.63, 3.8) is 0 Å². The lowest BCUT2D eigenvalue weighted by atomic mass is 9.96. The predicted molar refractivity (Wildman–Crippen MR) is 202 cm³/mol. The Labute approximate surface area is 327 Å². The average molecular weight is 795 g/mol. The molecular weight excluding hydrogens is 748 g/mol. The highest BCUT2D eigenvalue weighted by molar-refractivity contribution is 6.12. The number of carbonyl (C=O) groups excluding carboxylic acids is 5. The van der Waals surface area contributed by atoms with Gasteiger partial charge in [0.1, 0.15) is 42.6 Å². The smallest absolute Gasteiger partial charge is 0.414 e. The van der Waals surface area contributed by atoms with Crippen LogP contribution in [0.15, 0.2) is 52.4 Å². The summed E-state index contributed by atoms with van der Waals surface area (Å²) in [6.07, 6.45) is -3.01. The Morgan fingerprint density at radius 1 is 0.947 bits per heavy atom. The maximum atomic E-state index is 13.0. The quantitative estimate of drug-likeness (QED) is 0.103. The second kappa shape index (κ2) is 17.8. The lowest BCUT2D eigenvalue weighted by Crippen LogP contribution is -2.48. The van der Waals surface area contributed by atoms with Crippen molar-refractivity contribution in [2.24, 2.45) is 22.7 Å². The summed E-state index contributed by atoms with van der Waals surface area (Å²) in [6, 6.07) is 8.83. The number of hydrogen-bond donors (Lipinski definition) is 4. The molecule has 306 valence electrons. The zero-order valence-corrected chi connectivity index (χ0v) is 32.5. The largest absolute Gasteiger partial charge is 0.463 e. The van der Waals surface area contributed by atoms with Crippen LogP contribution in [0.1, 0.15) is 60.3 Å². The van der Waals surface area contributed by atoms with Crippen LogP contribution in [0.2, 0.25) is 0 Å². The molecule has 2 aliphatic heterocycles. The molecule has 19 nitrogen and oxygen atoms in total. The molecule has 0 bridgehead atoms. The number of benzene rings is 1. The van der Waals surface area contributed by atoms with Gasteiger partial charge >= 0.3 is 30.1 Å². The van der Waals surface area contributed by atoms with Gasteiger partial charge in [0.25, 0.3) is 5.56 Å². The van der Waals surface area contributed by atoms with E-state index in [1.54, 1.807) is 65.8 Å². The Hall–Kier alpha value is -6.08. The van der Waals surface area contributed by atoms with Gasteiger partial charge in [0.2, 0.25) is 6.79 Å². The summed E-state index contributed by atoms with van der Waals surface area (Å²) < 4.78 is 34.2. The molecule has 2 aliphatic rings. The molecule has 19 heteroatoms. The zero-order valence-electron chi connectivity index (χ0n) is 32.5. The summed E-state index contributed by atoms with van der Waals surface area (Å²) in [7, 11) is 0. The van der Waals surface area contributed by atoms with Crippen molar-refractivity contribution in [2.45, 2.75) is 85.2 Å². The molecular formula is C38H46N6O13. The van der Waals surface area contributed by atoms with Gasteiger partial charge in [0, 0.05) is 17.6 Å². The van der Waals surface area contributed by atoms with E-state index in [9.17, 15) is 33.9 Å². The molecule has 2 aromatic heterocycles. The highest BCUT2D eigenvalue weighted by Gasteiger charge is 2.57. The molecule has 57 heavy (non-hydrogen) atoms. The molecule has 1 fully saturated rings. The maximum Gasteiger partial charge on any atom is 0.414 e. The van der Waals surface area contributed by atoms with E-state index in [-0.39, 0.29) is 41.3 Å². The number of anilines is 2. The zero-order chi connectivity index (χ0) is 41.6. The number of rotatable bonds is 14. The van der Waals surface area contributed by atoms with E-state index in [0.717, 1.165) is 11.6 Å². The first kappa shape index (κ1) is 42.1. The fourth-order valence-corrected chi connectivity index (χ4v) is 5.94. The molecule has 3 aromatic rings. The number of aromatic nitrogens is 2. The third kappa shape index (κ3) is 9.84. The van der Waals surface area contributed by atoms with E-state index in [0.29, 0.717) is 0 Å². The number of aliphatic imine (C=N–C) groups is 1. The van der Waals surface area contributed by atoms with Crippen molar-refractivity contribution in [3.05, 3.63) is 58.5 Å². The molecule has 0 radical (unpaired) electrons. The van der Waals surface area contributed by atoms with E-state index < -0.39 is 90.3 Å². The number of nitrogens with one attached hydrogen (secondary N) is 3. The van der Waals surface area contributed by atoms with Crippen molar-refractivity contribution in [1.82, 2.24) is 14.9 Å². The standard InChI is InChI=1S/C38H46N6O13/c1-19(2)28(43-37(50)53-15-22-11-9-8-10-12-22)34(48)54-18-55-36(49)41-24-13-26(45)42-30-27-23(24)14-44(31(27)40-17-39-30)35-38(7,51)29(57-33(47)21(5)6)25(56-35)16-52-32(46)20(3)4/h8-14,17,19-21,25,28-29,35,51H,15-16,18H2,1-7H3,(H,41,49)(H,43,50)(H,39,40,42,45)/t25-,28+,29-,35-,38-/m1/s1. The topological polar surface area (TPSA) is 244 Å². The second-order valence-corrected chi connectivity index (χ2v) is 14.5. The first-order valence-corrected chi connectivity index (χ1v) is 18.2. The maximum absolute atomic E-state index is 13.0. The van der Waals surface area contributed by atoms with Gasteiger partial charge in [-0.15, -0.1) is 0 Å². The summed E-state index contributed by atoms with van der Waals surface area (Å²) >= 11 is 0. The fourth-order valence-electron chi connectivity index (χ4n) is 5.94. The molecule has 0 unspecified atom stereocenters. The van der Waals surface area contributed by atoms with Gasteiger partial charge in [-0.05, 0) is 18.4 Å². The summed E-state index contributed by atoms with van der Waals surface area (Å²) in [6.45, 7) is 10.0. The van der Waals surface area contributed by atoms with E-state index in [4.69, 9.17) is 28.4 Å². The third-order valence-corrected chi connectivity index (χ3v) is 8.99. The SMILES string of the molecule is CC(C)C(=O)OC[C@H]1O[C@@H](n2cc3c(NC(=O)OCOC(=O)[C@@H](NC(=O)OCc4ccccc4)C(C)C)cc(=O)nc4c3c2N=CN4)[C@](C)(O)[C@@H]1OC(=O)C(C)C. The monoisotopic (exact) mass is 794 g/mol. The van der Waals surface area contributed by atoms with Crippen molar-refractivity contribution >= 4 is 64.5 Å². The number of nitrogens with zero attached hydrogens (tertiary/aromatic N) is 3. The van der Waals surface area contributed by atoms with E-state index in [2.05, 4.69) is 25.9 Å². The number of aliphatic hydroxyl groups is 1. The molecule has 0 aliphatic carbocycles. The fraction of sp³-hybridized carbons (Fsp3) is 0.474. The van der Waals surface area contributed by atoms with Crippen molar-refractivity contribution in [3.8, 4) is 0 Å². The molecule has 1 saturated heterocycles. The average Bonchev–Trinajstić information content (AvgIpc) is 3.61. The number of amides is 2. The van der Waals surface area contributed by atoms with Crippen LogP contribution in [0.5, 0.6) is 0 Å². The number of ether oxygens (including phenoxy) is 6. The predicted octanol–water partition coefficient (Wildman–Crippen LogP) is 3.90. The van der Waals surface area contributed by atoms with Gasteiger partial charge in [0.15, 0.2) is 12.3 Å². The van der Waals surface area contributed by atoms with Crippen molar-refractivity contribution in [2.75, 3.05) is 24.0 Å². The summed E-state index contributed by atoms with van der Waals surface area (Å²) in [4.78, 5) is 84.8. The van der Waals surface area contributed by atoms with E-state index in [1.165, 1.54) is 24.0 Å². The molecule has 5 rings (SSSR count). The van der Waals surface area contributed by atoms with Crippen LogP contribution in [0, 0.1) is 17.8 Å². The lowest BCUT2D eigenvalue weighted by molar-refractivity contribution is -0.169. The van der Waals surface area contributed by atoms with Gasteiger partial charge in [-0.1, -0.05) is 71.9 Å². The Morgan fingerprint density at radius 3 is 2.32 bits per heavy atom. The van der Waals surface area contributed by atoms with Crippen LogP contribution in [-0.2, 0) is 49.4 Å². The Bertz CT molecular complexity index is 2080. The van der Waals surface area contributed by atoms with E-state index >= 15 is 0 Å². The molecule has 5 atom stereocenters. The minimum absolute atomic E-state index is 0.0208. The third-order valence-electron chi connectivity index (χ3n) is 8.99. The van der Waals surface area contributed by atoms with Gasteiger partial charge in [-0.2, -0.15) is 4.98 Å². The Kier molecular flexibility index (Phi) is 13.1. The highest BCUT2D eigenvalue weighted by atomic mass is 16.7. The van der Waals surface area contributed by atoms with Gasteiger partial charge in [0.05, 0.1) is 29.2 Å². The Morgan fingerprint density at radius 2 is 1.65 bits per heavy atom. The first-order valence-electron chi connectivity index (χ1n) is 18.2. The minimum atomic E-state index is -1.94. The summed E-state index contributed by atoms with van der Waals surface area (Å²) in [5, 5.41) is 20.1. The highest BCUT2D eigenvalue weighted by Crippen LogP contribution is 2.47. The number of esters is 3. The molecule has 4 N–H and O–H groups in total. The summed E-state index contributed by atoms with van der Waals surface area (Å²) in [5.41, 5.74) is -2.06. The minimum Gasteiger partial charge on any atom is -0.463 e. The molecule has 4 heterocycles.